The monoisotopic (exact) mass is 340 g/mol. The Labute approximate surface area is 150 Å². The Morgan fingerprint density at radius 1 is 1.00 bits per heavy atom. The maximum atomic E-state index is 12.0. The molecule has 0 fully saturated rings. The van der Waals surface area contributed by atoms with Crippen LogP contribution in [0.3, 0.4) is 0 Å². The quantitative estimate of drug-likeness (QED) is 0.669. The first kappa shape index (κ1) is 18.9. The highest BCUT2D eigenvalue weighted by molar-refractivity contribution is 5.92. The molecule has 0 bridgehead atoms. The van der Waals surface area contributed by atoms with E-state index in [2.05, 4.69) is 59.6 Å². The highest BCUT2D eigenvalue weighted by Gasteiger charge is 2.10. The standard InChI is InChI=1S/C20H28N4O/c1-4-7-8-12-21-20(25)17-13-23-18(14-22-17)24-19-15(5-2)10-9-11-16(19)6-3/h9-11,13-14H,4-8,12H2,1-3H3,(H,21,25)(H,23,24). The topological polar surface area (TPSA) is 66.9 Å². The molecule has 0 saturated heterocycles. The van der Waals surface area contributed by atoms with Crippen LogP contribution in [0, 0.1) is 0 Å². The number of para-hydroxylation sites is 1. The third-order valence-electron chi connectivity index (χ3n) is 4.20. The predicted molar refractivity (Wildman–Crippen MR) is 102 cm³/mol. The third kappa shape index (κ3) is 5.28. The minimum atomic E-state index is -0.168. The number of carbonyl (C=O) groups is 1. The Morgan fingerprint density at radius 3 is 2.28 bits per heavy atom. The lowest BCUT2D eigenvalue weighted by atomic mass is 10.0. The molecule has 1 aromatic carbocycles. The van der Waals surface area contributed by atoms with Crippen molar-refractivity contribution in [2.24, 2.45) is 0 Å². The van der Waals surface area contributed by atoms with E-state index in [1.807, 2.05) is 0 Å². The summed E-state index contributed by atoms with van der Waals surface area (Å²) in [6, 6.07) is 6.32. The number of nitrogens with one attached hydrogen (secondary N) is 2. The summed E-state index contributed by atoms with van der Waals surface area (Å²) < 4.78 is 0. The van der Waals surface area contributed by atoms with Crippen molar-refractivity contribution in [3.8, 4) is 0 Å². The van der Waals surface area contributed by atoms with Crippen molar-refractivity contribution < 1.29 is 4.79 Å². The largest absolute Gasteiger partial charge is 0.351 e. The summed E-state index contributed by atoms with van der Waals surface area (Å²) in [6.45, 7) is 7.09. The molecule has 0 aliphatic carbocycles. The minimum absolute atomic E-state index is 0.168. The summed E-state index contributed by atoms with van der Waals surface area (Å²) in [4.78, 5) is 20.6. The number of unbranched alkanes of at least 4 members (excludes halogenated alkanes) is 2. The molecule has 5 heteroatoms. The summed E-state index contributed by atoms with van der Waals surface area (Å²) in [7, 11) is 0. The van der Waals surface area contributed by atoms with E-state index in [9.17, 15) is 4.79 Å². The lowest BCUT2D eigenvalue weighted by Crippen LogP contribution is -2.25. The fraction of sp³-hybridized carbons (Fsp3) is 0.450. The van der Waals surface area contributed by atoms with Gasteiger partial charge in [0, 0.05) is 12.2 Å². The number of hydrogen-bond acceptors (Lipinski definition) is 4. The molecule has 5 nitrogen and oxygen atoms in total. The van der Waals surface area contributed by atoms with Gasteiger partial charge in [0.25, 0.3) is 5.91 Å². The van der Waals surface area contributed by atoms with Crippen molar-refractivity contribution in [2.45, 2.75) is 52.9 Å². The lowest BCUT2D eigenvalue weighted by Gasteiger charge is -2.14. The van der Waals surface area contributed by atoms with Crippen LogP contribution in [0.4, 0.5) is 11.5 Å². The molecule has 2 aromatic rings. The van der Waals surface area contributed by atoms with Crippen molar-refractivity contribution in [3.63, 3.8) is 0 Å². The Hall–Kier alpha value is -2.43. The van der Waals surface area contributed by atoms with Gasteiger partial charge < -0.3 is 10.6 Å². The van der Waals surface area contributed by atoms with E-state index < -0.39 is 0 Å². The summed E-state index contributed by atoms with van der Waals surface area (Å²) >= 11 is 0. The fourth-order valence-corrected chi connectivity index (χ4v) is 2.71. The highest BCUT2D eigenvalue weighted by atomic mass is 16.1. The molecule has 0 unspecified atom stereocenters. The predicted octanol–water partition coefficient (Wildman–Crippen LogP) is 4.27. The average molecular weight is 340 g/mol. The number of aromatic nitrogens is 2. The number of hydrogen-bond donors (Lipinski definition) is 2. The van der Waals surface area contributed by atoms with Crippen LogP contribution in [0.25, 0.3) is 0 Å². The van der Waals surface area contributed by atoms with Crippen molar-refractivity contribution in [1.29, 1.82) is 0 Å². The number of carbonyl (C=O) groups excluding carboxylic acids is 1. The van der Waals surface area contributed by atoms with E-state index >= 15 is 0 Å². The molecule has 25 heavy (non-hydrogen) atoms. The van der Waals surface area contributed by atoms with Crippen molar-refractivity contribution in [1.82, 2.24) is 15.3 Å². The summed E-state index contributed by atoms with van der Waals surface area (Å²) in [5.41, 5.74) is 3.94. The van der Waals surface area contributed by atoms with E-state index in [0.29, 0.717) is 18.1 Å². The van der Waals surface area contributed by atoms with Gasteiger partial charge in [0.05, 0.1) is 12.4 Å². The van der Waals surface area contributed by atoms with Gasteiger partial charge in [-0.2, -0.15) is 0 Å². The van der Waals surface area contributed by atoms with E-state index in [1.54, 1.807) is 6.20 Å². The van der Waals surface area contributed by atoms with E-state index in [1.165, 1.54) is 17.3 Å². The van der Waals surface area contributed by atoms with Gasteiger partial charge in [-0.15, -0.1) is 0 Å². The molecule has 0 spiro atoms. The maximum absolute atomic E-state index is 12.0. The highest BCUT2D eigenvalue weighted by Crippen LogP contribution is 2.25. The molecular weight excluding hydrogens is 312 g/mol. The molecule has 2 rings (SSSR count). The minimum Gasteiger partial charge on any atom is -0.351 e. The SMILES string of the molecule is CCCCCNC(=O)c1cnc(Nc2c(CC)cccc2CC)cn1. The zero-order chi connectivity index (χ0) is 18.1. The Morgan fingerprint density at radius 2 is 1.72 bits per heavy atom. The molecule has 1 heterocycles. The van der Waals surface area contributed by atoms with E-state index in [0.717, 1.165) is 37.8 Å². The van der Waals surface area contributed by atoms with Crippen LogP contribution in [0.15, 0.2) is 30.6 Å². The summed E-state index contributed by atoms with van der Waals surface area (Å²) in [5, 5.41) is 6.24. The zero-order valence-electron chi connectivity index (χ0n) is 15.4. The first-order chi connectivity index (χ1) is 12.2. The Kier molecular flexibility index (Phi) is 7.38. The van der Waals surface area contributed by atoms with Gasteiger partial charge in [-0.3, -0.25) is 4.79 Å². The number of anilines is 2. The van der Waals surface area contributed by atoms with Gasteiger partial charge in [0.15, 0.2) is 0 Å². The number of aryl methyl sites for hydroxylation is 2. The van der Waals surface area contributed by atoms with Gasteiger partial charge in [-0.1, -0.05) is 51.8 Å². The molecule has 0 aliphatic rings. The fourth-order valence-electron chi connectivity index (χ4n) is 2.71. The average Bonchev–Trinajstić information content (AvgIpc) is 2.65. The zero-order valence-corrected chi connectivity index (χ0v) is 15.4. The van der Waals surface area contributed by atoms with Crippen LogP contribution in [-0.2, 0) is 12.8 Å². The van der Waals surface area contributed by atoms with Gasteiger partial charge >= 0.3 is 0 Å². The molecule has 0 saturated carbocycles. The Bertz CT molecular complexity index is 660. The molecular formula is C20H28N4O. The summed E-state index contributed by atoms with van der Waals surface area (Å²) in [6.07, 6.45) is 8.28. The molecule has 1 aromatic heterocycles. The first-order valence-corrected chi connectivity index (χ1v) is 9.17. The molecule has 134 valence electrons. The molecule has 0 radical (unpaired) electrons. The third-order valence-corrected chi connectivity index (χ3v) is 4.20. The van der Waals surface area contributed by atoms with Gasteiger partial charge in [-0.05, 0) is 30.4 Å². The molecule has 0 atom stereocenters. The van der Waals surface area contributed by atoms with Crippen LogP contribution >= 0.6 is 0 Å². The van der Waals surface area contributed by atoms with Crippen LogP contribution < -0.4 is 10.6 Å². The Balaban J connectivity index is 2.05. The van der Waals surface area contributed by atoms with Crippen LogP contribution in [0.2, 0.25) is 0 Å². The smallest absolute Gasteiger partial charge is 0.271 e. The number of benzene rings is 1. The van der Waals surface area contributed by atoms with Crippen LogP contribution in [-0.4, -0.2) is 22.4 Å². The van der Waals surface area contributed by atoms with Crippen molar-refractivity contribution >= 4 is 17.4 Å². The van der Waals surface area contributed by atoms with Crippen molar-refractivity contribution in [2.75, 3.05) is 11.9 Å². The summed E-state index contributed by atoms with van der Waals surface area (Å²) in [5.74, 6) is 0.483. The van der Waals surface area contributed by atoms with Crippen LogP contribution in [0.1, 0.15) is 61.6 Å². The second-order valence-corrected chi connectivity index (χ2v) is 6.03. The number of rotatable bonds is 9. The second-order valence-electron chi connectivity index (χ2n) is 6.03. The van der Waals surface area contributed by atoms with E-state index in [-0.39, 0.29) is 5.91 Å². The van der Waals surface area contributed by atoms with Crippen molar-refractivity contribution in [3.05, 3.63) is 47.4 Å². The normalized spacial score (nSPS) is 10.5. The lowest BCUT2D eigenvalue weighted by molar-refractivity contribution is 0.0947. The number of nitrogens with zero attached hydrogens (tertiary/aromatic N) is 2. The maximum Gasteiger partial charge on any atom is 0.271 e. The van der Waals surface area contributed by atoms with Gasteiger partial charge in [0.2, 0.25) is 0 Å². The van der Waals surface area contributed by atoms with E-state index in [4.69, 9.17) is 0 Å². The van der Waals surface area contributed by atoms with Crippen LogP contribution in [0.5, 0.6) is 0 Å². The number of amides is 1. The first-order valence-electron chi connectivity index (χ1n) is 9.17. The van der Waals surface area contributed by atoms with Gasteiger partial charge in [0.1, 0.15) is 11.5 Å². The van der Waals surface area contributed by atoms with Gasteiger partial charge in [-0.25, -0.2) is 9.97 Å². The molecule has 1 amide bonds. The molecule has 2 N–H and O–H groups in total. The second kappa shape index (κ2) is 9.77. The molecule has 0 aliphatic heterocycles.